The van der Waals surface area contributed by atoms with E-state index in [1.807, 2.05) is 0 Å². The zero-order valence-corrected chi connectivity index (χ0v) is 25.5. The fourth-order valence-corrected chi connectivity index (χ4v) is 9.01. The smallest absolute Gasteiger partial charge is 0.246 e. The highest BCUT2D eigenvalue weighted by Crippen LogP contribution is 2.40. The highest BCUT2D eigenvalue weighted by atomic mass is 32.2. The van der Waals surface area contributed by atoms with Gasteiger partial charge < -0.3 is 14.8 Å². The molecule has 2 unspecified atom stereocenters. The van der Waals surface area contributed by atoms with Crippen LogP contribution in [0.15, 0.2) is 47.4 Å². The lowest BCUT2D eigenvalue weighted by atomic mass is 9.78. The number of sulfonamides is 1. The predicted molar refractivity (Wildman–Crippen MR) is 159 cm³/mol. The van der Waals surface area contributed by atoms with Crippen molar-refractivity contribution in [1.82, 2.24) is 14.5 Å². The summed E-state index contributed by atoms with van der Waals surface area (Å²) >= 11 is 0. The van der Waals surface area contributed by atoms with Gasteiger partial charge in [-0.05, 0) is 107 Å². The van der Waals surface area contributed by atoms with Gasteiger partial charge in [-0.3, -0.25) is 9.69 Å². The number of nitrogens with one attached hydrogen (secondary N) is 1. The minimum atomic E-state index is -3.66. The van der Waals surface area contributed by atoms with Crippen molar-refractivity contribution < 1.29 is 22.7 Å². The molecule has 8 nitrogen and oxygen atoms in total. The van der Waals surface area contributed by atoms with Crippen LogP contribution in [-0.4, -0.2) is 75.6 Å². The molecule has 2 atom stereocenters. The Balaban J connectivity index is 1.09. The minimum Gasteiger partial charge on any atom is -0.497 e. The molecule has 1 aliphatic carbocycles. The van der Waals surface area contributed by atoms with Gasteiger partial charge in [-0.2, -0.15) is 4.31 Å². The molecule has 3 fully saturated rings. The molecule has 41 heavy (non-hydrogen) atoms. The van der Waals surface area contributed by atoms with Crippen molar-refractivity contribution in [1.29, 1.82) is 0 Å². The van der Waals surface area contributed by atoms with Crippen LogP contribution in [0.5, 0.6) is 5.75 Å². The number of likely N-dealkylation sites (tertiary alicyclic amines) is 1. The summed E-state index contributed by atoms with van der Waals surface area (Å²) in [4.78, 5) is 15.8. The average Bonchev–Trinajstić information content (AvgIpc) is 3.66. The summed E-state index contributed by atoms with van der Waals surface area (Å²) in [5, 5.41) is 3.18. The molecule has 0 spiro atoms. The number of hydrogen-bond donors (Lipinski definition) is 1. The maximum absolute atomic E-state index is 13.4. The van der Waals surface area contributed by atoms with Gasteiger partial charge in [0.25, 0.3) is 0 Å². The molecule has 224 valence electrons. The van der Waals surface area contributed by atoms with Gasteiger partial charge in [-0.15, -0.1) is 0 Å². The largest absolute Gasteiger partial charge is 0.497 e. The Morgan fingerprint density at radius 2 is 1.63 bits per heavy atom. The second kappa shape index (κ2) is 13.2. The molecule has 9 heteroatoms. The number of nitrogens with zero attached hydrogens (tertiary/aromatic N) is 2. The van der Waals surface area contributed by atoms with Crippen molar-refractivity contribution in [2.24, 2.45) is 5.92 Å². The first kappa shape index (κ1) is 30.0. The second-order valence-electron chi connectivity index (χ2n) is 12.0. The topological polar surface area (TPSA) is 88.2 Å². The molecule has 3 aliphatic rings. The Hall–Kier alpha value is -2.46. The molecule has 2 aromatic carbocycles. The minimum absolute atomic E-state index is 0.0422. The van der Waals surface area contributed by atoms with E-state index in [2.05, 4.69) is 40.5 Å². The van der Waals surface area contributed by atoms with Crippen LogP contribution in [0.3, 0.4) is 0 Å². The summed E-state index contributed by atoms with van der Waals surface area (Å²) in [5.41, 5.74) is 2.74. The number of carbonyl (C=O) groups excluding carboxylic acids is 1. The van der Waals surface area contributed by atoms with Crippen molar-refractivity contribution in [3.8, 4) is 5.75 Å². The van der Waals surface area contributed by atoms with Gasteiger partial charge in [0.1, 0.15) is 12.4 Å². The highest BCUT2D eigenvalue weighted by molar-refractivity contribution is 7.89. The third-order valence-electron chi connectivity index (χ3n) is 9.08. The lowest BCUT2D eigenvalue weighted by Crippen LogP contribution is -2.42. The van der Waals surface area contributed by atoms with Gasteiger partial charge in [-0.1, -0.05) is 30.3 Å². The lowest BCUT2D eigenvalue weighted by Gasteiger charge is -2.39. The fourth-order valence-electron chi connectivity index (χ4n) is 7.11. The first-order valence-electron chi connectivity index (χ1n) is 15.1. The van der Waals surface area contributed by atoms with E-state index >= 15 is 0 Å². The van der Waals surface area contributed by atoms with Crippen molar-refractivity contribution in [3.05, 3.63) is 59.2 Å². The fraction of sp³-hybridized carbons (Fsp3) is 0.594. The first-order chi connectivity index (χ1) is 19.8. The van der Waals surface area contributed by atoms with Gasteiger partial charge in [-0.25, -0.2) is 8.42 Å². The quantitative estimate of drug-likeness (QED) is 0.440. The summed E-state index contributed by atoms with van der Waals surface area (Å²) in [6.45, 7) is 6.52. The van der Waals surface area contributed by atoms with Crippen LogP contribution in [0.25, 0.3) is 0 Å². The number of ether oxygens (including phenoxy) is 2. The summed E-state index contributed by atoms with van der Waals surface area (Å²) < 4.78 is 39.5. The van der Waals surface area contributed by atoms with E-state index in [1.54, 1.807) is 33.1 Å². The highest BCUT2D eigenvalue weighted by Gasteiger charge is 2.36. The van der Waals surface area contributed by atoms with Crippen molar-refractivity contribution in [2.75, 3.05) is 39.9 Å². The van der Waals surface area contributed by atoms with Crippen LogP contribution in [0.4, 0.5) is 0 Å². The SMILES string of the molecule is COc1cc(C)c(S(=O)(=O)N2CCC(OCC(=O)NC3CCC(C(c4ccccc4)N4CCCC4)CC3)C2)c(C)c1. The molecule has 2 aromatic rings. The Kier molecular flexibility index (Phi) is 9.69. The van der Waals surface area contributed by atoms with E-state index in [-0.39, 0.29) is 31.2 Å². The zero-order chi connectivity index (χ0) is 29.0. The summed E-state index contributed by atoms with van der Waals surface area (Å²) in [6, 6.07) is 15.0. The van der Waals surface area contributed by atoms with Crippen LogP contribution < -0.4 is 10.1 Å². The summed E-state index contributed by atoms with van der Waals surface area (Å²) in [5.74, 6) is 1.13. The van der Waals surface area contributed by atoms with E-state index in [9.17, 15) is 13.2 Å². The van der Waals surface area contributed by atoms with Crippen LogP contribution >= 0.6 is 0 Å². The molecular formula is C32H45N3O5S. The summed E-state index contributed by atoms with van der Waals surface area (Å²) in [6.07, 6.45) is 6.98. The van der Waals surface area contributed by atoms with Crippen molar-refractivity contribution >= 4 is 15.9 Å². The molecule has 1 N–H and O–H groups in total. The van der Waals surface area contributed by atoms with E-state index in [4.69, 9.17) is 9.47 Å². The van der Waals surface area contributed by atoms with Crippen molar-refractivity contribution in [2.45, 2.75) is 81.9 Å². The van der Waals surface area contributed by atoms with Gasteiger partial charge in [0.15, 0.2) is 0 Å². The van der Waals surface area contributed by atoms with Crippen molar-refractivity contribution in [3.63, 3.8) is 0 Å². The lowest BCUT2D eigenvalue weighted by molar-refractivity contribution is -0.128. The van der Waals surface area contributed by atoms with Crippen LogP contribution in [0.1, 0.15) is 67.7 Å². The number of methoxy groups -OCH3 is 1. The predicted octanol–water partition coefficient (Wildman–Crippen LogP) is 4.60. The molecule has 1 amide bonds. The summed E-state index contributed by atoms with van der Waals surface area (Å²) in [7, 11) is -2.09. The van der Waals surface area contributed by atoms with Crippen LogP contribution in [0, 0.1) is 19.8 Å². The second-order valence-corrected chi connectivity index (χ2v) is 13.8. The molecule has 2 aliphatic heterocycles. The number of aryl methyl sites for hydroxylation is 2. The average molecular weight is 584 g/mol. The molecule has 2 heterocycles. The number of benzene rings is 2. The first-order valence-corrected chi connectivity index (χ1v) is 16.6. The van der Waals surface area contributed by atoms with Crippen LogP contribution in [-0.2, 0) is 19.6 Å². The molecule has 0 aromatic heterocycles. The van der Waals surface area contributed by atoms with Gasteiger partial charge in [0, 0.05) is 25.2 Å². The Bertz CT molecular complexity index is 1260. The monoisotopic (exact) mass is 583 g/mol. The molecule has 1 saturated carbocycles. The number of hydrogen-bond acceptors (Lipinski definition) is 6. The van der Waals surface area contributed by atoms with E-state index < -0.39 is 10.0 Å². The molecule has 0 bridgehead atoms. The number of rotatable bonds is 10. The third kappa shape index (κ3) is 6.96. The van der Waals surface area contributed by atoms with E-state index in [0.29, 0.717) is 46.7 Å². The van der Waals surface area contributed by atoms with Crippen LogP contribution in [0.2, 0.25) is 0 Å². The standard InChI is InChI=1S/C32H45N3O5S/c1-23-19-29(39-3)20-24(2)32(23)41(37,38)35-18-15-28(21-35)40-22-30(36)33-27-13-11-26(12-14-27)31(34-16-7-8-17-34)25-9-5-4-6-10-25/h4-6,9-10,19-20,26-28,31H,7-8,11-18,21-22H2,1-3H3,(H,33,36). The maximum Gasteiger partial charge on any atom is 0.246 e. The Morgan fingerprint density at radius 1 is 0.976 bits per heavy atom. The van der Waals surface area contributed by atoms with Gasteiger partial charge in [0.2, 0.25) is 15.9 Å². The zero-order valence-electron chi connectivity index (χ0n) is 24.7. The van der Waals surface area contributed by atoms with Gasteiger partial charge >= 0.3 is 0 Å². The Morgan fingerprint density at radius 3 is 2.27 bits per heavy atom. The number of amides is 1. The van der Waals surface area contributed by atoms with Gasteiger partial charge in [0.05, 0.1) is 18.1 Å². The van der Waals surface area contributed by atoms with E-state index in [0.717, 1.165) is 25.7 Å². The number of carbonyl (C=O) groups is 1. The Labute approximate surface area is 245 Å². The maximum atomic E-state index is 13.4. The molecule has 0 radical (unpaired) electrons. The normalized spacial score (nSPS) is 24.8. The third-order valence-corrected chi connectivity index (χ3v) is 11.3. The molecule has 2 saturated heterocycles. The molecule has 5 rings (SSSR count). The van der Waals surface area contributed by atoms with E-state index in [1.165, 1.54) is 35.8 Å². The molecular weight excluding hydrogens is 538 g/mol.